The van der Waals surface area contributed by atoms with Gasteiger partial charge in [0.1, 0.15) is 0 Å². The third-order valence-corrected chi connectivity index (χ3v) is 1.79. The third kappa shape index (κ3) is 3.29. The fourth-order valence-corrected chi connectivity index (χ4v) is 1.03. The van der Waals surface area contributed by atoms with Gasteiger partial charge in [0.25, 0.3) is 0 Å². The monoisotopic (exact) mass is 199 g/mol. The number of nitriles is 1. The first-order valence-electron chi connectivity index (χ1n) is 2.84. The molecule has 0 bridgehead atoms. The molecule has 0 aliphatic rings. The zero-order chi connectivity index (χ0) is 7.82. The second-order valence-electron chi connectivity index (χ2n) is 1.64. The van der Waals surface area contributed by atoms with Crippen LogP contribution in [0.15, 0.2) is 30.3 Å². The van der Waals surface area contributed by atoms with Gasteiger partial charge in [-0.3, -0.25) is 0 Å². The Morgan fingerprint density at radius 2 is 1.70 bits per heavy atom. The van der Waals surface area contributed by atoms with E-state index in [1.165, 1.54) is 5.56 Å². The van der Waals surface area contributed by atoms with Crippen LogP contribution in [-0.4, -0.2) is 16.0 Å². The van der Waals surface area contributed by atoms with Crippen LogP contribution in [0.1, 0.15) is 5.56 Å². The Hall–Kier alpha value is -0.771. The molecule has 0 saturated carbocycles. The van der Waals surface area contributed by atoms with E-state index in [1.54, 1.807) is 0 Å². The van der Waals surface area contributed by atoms with Crippen molar-refractivity contribution in [3.8, 4) is 6.57 Å². The number of nitrogens with zero attached hydrogens (tertiary/aromatic N) is 1. The van der Waals surface area contributed by atoms with Crippen LogP contribution in [0.5, 0.6) is 0 Å². The molecular weight excluding hydrogens is 189 g/mol. The third-order valence-electron chi connectivity index (χ3n) is 1.03. The molecule has 0 aromatic heterocycles. The van der Waals surface area contributed by atoms with Gasteiger partial charge in [-0.25, -0.2) is 5.26 Å². The van der Waals surface area contributed by atoms with Crippen LogP contribution < -0.4 is 0 Å². The Morgan fingerprint density at radius 1 is 1.20 bits per heavy atom. The maximum atomic E-state index is 6.50. The zero-order valence-electron chi connectivity index (χ0n) is 5.57. The van der Waals surface area contributed by atoms with Gasteiger partial charge in [-0.2, -0.15) is 0 Å². The number of hydrogen-bond donors (Lipinski definition) is 0. The Balaban J connectivity index is 0.000000371. The van der Waals surface area contributed by atoms with Gasteiger partial charge < -0.3 is 0 Å². The summed E-state index contributed by atoms with van der Waals surface area (Å²) in [7, 11) is 0. The Morgan fingerprint density at radius 3 is 2.00 bits per heavy atom. The van der Waals surface area contributed by atoms with Gasteiger partial charge in [-0.15, -0.1) is 0 Å². The molecule has 0 unspecified atom stereocenters. The molecule has 1 rings (SSSR count). The van der Waals surface area contributed by atoms with Crippen LogP contribution in [0.4, 0.5) is 0 Å². The molecule has 0 N–H and O–H groups in total. The molecule has 2 heteroatoms. The fourth-order valence-electron chi connectivity index (χ4n) is 0.583. The van der Waals surface area contributed by atoms with E-state index in [9.17, 15) is 0 Å². The molecule has 52 valence electrons. The Kier molecular flexibility index (Phi) is 5.86. The maximum absolute atomic E-state index is 6.50. The van der Waals surface area contributed by atoms with Gasteiger partial charge in [0.05, 0.1) is 0 Å². The summed E-state index contributed by atoms with van der Waals surface area (Å²) in [6.07, 6.45) is 0. The molecule has 1 aromatic carbocycles. The van der Waals surface area contributed by atoms with E-state index in [-0.39, 0.29) is 0 Å². The first-order chi connectivity index (χ1) is 4.93. The van der Waals surface area contributed by atoms with Crippen molar-refractivity contribution in [1.29, 1.82) is 5.26 Å². The minimum absolute atomic E-state index is 1.08. The summed E-state index contributed by atoms with van der Waals surface area (Å²) in [6, 6.07) is 10.4. The van der Waals surface area contributed by atoms with Crippen molar-refractivity contribution in [2.24, 2.45) is 0 Å². The molecule has 0 aliphatic heterocycles. The van der Waals surface area contributed by atoms with E-state index in [0.29, 0.717) is 0 Å². The Bertz CT molecular complexity index is 181. The minimum atomic E-state index is 1.08. The van der Waals surface area contributed by atoms with Crippen molar-refractivity contribution in [1.82, 2.24) is 0 Å². The van der Waals surface area contributed by atoms with Crippen LogP contribution in [-0.2, 0) is 5.32 Å². The molecule has 0 aliphatic carbocycles. The van der Waals surface area contributed by atoms with Crippen molar-refractivity contribution < 1.29 is 0 Å². The van der Waals surface area contributed by atoms with Crippen LogP contribution in [0.2, 0.25) is 0 Å². The molecule has 0 heterocycles. The summed E-state index contributed by atoms with van der Waals surface area (Å²) < 4.78 is 0. The molecule has 1 aromatic rings. The van der Waals surface area contributed by atoms with E-state index in [0.717, 1.165) is 5.32 Å². The molecule has 0 fully saturated rings. The standard InChI is InChI=1S/C7H8Se.CHN/c8-6-7-4-2-1-3-5-7;1-2/h1-5,8H,6H2;1H. The number of benzene rings is 1. The van der Waals surface area contributed by atoms with Gasteiger partial charge in [-0.05, 0) is 0 Å². The first-order valence-corrected chi connectivity index (χ1v) is 4.17. The van der Waals surface area contributed by atoms with Crippen LogP contribution >= 0.6 is 0 Å². The van der Waals surface area contributed by atoms with E-state index in [1.807, 2.05) is 6.07 Å². The second kappa shape index (κ2) is 6.35. The van der Waals surface area contributed by atoms with Gasteiger partial charge in [0.15, 0.2) is 0 Å². The average Bonchev–Trinajstić information content (AvgIpc) is 2.10. The zero-order valence-corrected chi connectivity index (χ0v) is 7.44. The van der Waals surface area contributed by atoms with Crippen LogP contribution in [0.25, 0.3) is 0 Å². The van der Waals surface area contributed by atoms with Crippen LogP contribution in [0, 0.1) is 11.8 Å². The fraction of sp³-hybridized carbons (Fsp3) is 0.125. The predicted octanol–water partition coefficient (Wildman–Crippen LogP) is 1.23. The number of rotatable bonds is 1. The topological polar surface area (TPSA) is 23.8 Å². The van der Waals surface area contributed by atoms with Crippen molar-refractivity contribution in [3.63, 3.8) is 0 Å². The van der Waals surface area contributed by atoms with E-state index < -0.39 is 0 Å². The van der Waals surface area contributed by atoms with Gasteiger partial charge >= 0.3 is 57.2 Å². The normalized spacial score (nSPS) is 7.50. The van der Waals surface area contributed by atoms with Crippen molar-refractivity contribution in [2.75, 3.05) is 0 Å². The number of hydrogen-bond acceptors (Lipinski definition) is 1. The van der Waals surface area contributed by atoms with E-state index >= 15 is 0 Å². The summed E-state index contributed by atoms with van der Waals surface area (Å²) >= 11 is 2.56. The van der Waals surface area contributed by atoms with Crippen LogP contribution in [0.3, 0.4) is 0 Å². The molecule has 0 amide bonds. The van der Waals surface area contributed by atoms with Crippen molar-refractivity contribution in [3.05, 3.63) is 35.9 Å². The average molecular weight is 198 g/mol. The van der Waals surface area contributed by atoms with Gasteiger partial charge in [-0.1, -0.05) is 0 Å². The Labute approximate surface area is 69.5 Å². The molecule has 0 radical (unpaired) electrons. The van der Waals surface area contributed by atoms with E-state index in [2.05, 4.69) is 46.9 Å². The predicted molar refractivity (Wildman–Crippen MR) is 44.0 cm³/mol. The summed E-state index contributed by atoms with van der Waals surface area (Å²) in [5.41, 5.74) is 1.38. The molecule has 0 spiro atoms. The quantitative estimate of drug-likeness (QED) is 0.622. The first kappa shape index (κ1) is 9.23. The summed E-state index contributed by atoms with van der Waals surface area (Å²) in [4.78, 5) is 0. The summed E-state index contributed by atoms with van der Waals surface area (Å²) in [6.45, 7) is 3.50. The van der Waals surface area contributed by atoms with Crippen molar-refractivity contribution >= 4 is 16.0 Å². The second-order valence-corrected chi connectivity index (χ2v) is 2.31. The SMILES string of the molecule is C#N.[SeH]Cc1ccccc1. The molecule has 0 atom stereocenters. The van der Waals surface area contributed by atoms with Crippen molar-refractivity contribution in [2.45, 2.75) is 5.32 Å². The van der Waals surface area contributed by atoms with E-state index in [4.69, 9.17) is 5.26 Å². The molecule has 1 nitrogen and oxygen atoms in total. The molecular formula is C8H9NSe. The van der Waals surface area contributed by atoms with Gasteiger partial charge in [0.2, 0.25) is 0 Å². The summed E-state index contributed by atoms with van der Waals surface area (Å²) in [5.74, 6) is 0. The molecule has 0 saturated heterocycles. The summed E-state index contributed by atoms with van der Waals surface area (Å²) in [5, 5.41) is 7.58. The molecule has 10 heavy (non-hydrogen) atoms. The van der Waals surface area contributed by atoms with Gasteiger partial charge in [0, 0.05) is 6.57 Å².